The zero-order chi connectivity index (χ0) is 19.2. The summed E-state index contributed by atoms with van der Waals surface area (Å²) in [6, 6.07) is 3.61. The number of hydrogen-bond donors (Lipinski definition) is 0. The third-order valence-corrected chi connectivity index (χ3v) is 5.75. The number of alkyl halides is 3. The Balaban J connectivity index is 1.64. The van der Waals surface area contributed by atoms with Crippen molar-refractivity contribution < 1.29 is 22.8 Å². The van der Waals surface area contributed by atoms with E-state index in [2.05, 4.69) is 4.90 Å². The zero-order valence-electron chi connectivity index (χ0n) is 15.0. The maximum Gasteiger partial charge on any atom is 0.416 e. The Kier molecular flexibility index (Phi) is 4.61. The van der Waals surface area contributed by atoms with Crippen LogP contribution in [0.2, 0.25) is 0 Å². The molecule has 8 heteroatoms. The van der Waals surface area contributed by atoms with Crippen molar-refractivity contribution >= 4 is 17.5 Å². The summed E-state index contributed by atoms with van der Waals surface area (Å²) in [6.45, 7) is 3.23. The third kappa shape index (κ3) is 3.54. The molecule has 3 aliphatic heterocycles. The molecule has 5 nitrogen and oxygen atoms in total. The number of piperazine rings is 1. The first kappa shape index (κ1) is 18.3. The smallest absolute Gasteiger partial charge is 0.336 e. The molecule has 3 heterocycles. The molecule has 146 valence electrons. The molecule has 1 unspecified atom stereocenters. The number of hydrogen-bond acceptors (Lipinski definition) is 3. The van der Waals surface area contributed by atoms with Crippen molar-refractivity contribution in [3.05, 3.63) is 29.3 Å². The standard InChI is InChI=1S/C19H22F3N3O2/c20-19(21,22)14-9-13(10-16(11-14)25-6-2-4-17(25)26)18(27)24-8-7-23-5-1-3-15(23)12-24/h9-11,15H,1-8,12H2. The molecule has 0 saturated carbocycles. The van der Waals surface area contributed by atoms with E-state index in [0.29, 0.717) is 38.5 Å². The van der Waals surface area contributed by atoms with E-state index < -0.39 is 11.7 Å². The fourth-order valence-corrected chi connectivity index (χ4v) is 4.33. The Labute approximate surface area is 155 Å². The number of nitrogens with zero attached hydrogens (tertiary/aromatic N) is 3. The third-order valence-electron chi connectivity index (χ3n) is 5.75. The average Bonchev–Trinajstić information content (AvgIpc) is 3.27. The fourth-order valence-electron chi connectivity index (χ4n) is 4.33. The van der Waals surface area contributed by atoms with E-state index in [0.717, 1.165) is 38.1 Å². The lowest BCUT2D eigenvalue weighted by Crippen LogP contribution is -2.52. The number of fused-ring (bicyclic) bond motifs is 1. The van der Waals surface area contributed by atoms with Gasteiger partial charge in [-0.25, -0.2) is 0 Å². The summed E-state index contributed by atoms with van der Waals surface area (Å²) < 4.78 is 40.1. The van der Waals surface area contributed by atoms with Crippen LogP contribution < -0.4 is 4.90 Å². The molecule has 3 aliphatic rings. The molecule has 1 aromatic rings. The molecule has 0 N–H and O–H groups in total. The van der Waals surface area contributed by atoms with Gasteiger partial charge in [-0.3, -0.25) is 14.5 Å². The molecule has 1 atom stereocenters. The second-order valence-corrected chi connectivity index (χ2v) is 7.50. The van der Waals surface area contributed by atoms with Crippen molar-refractivity contribution in [2.24, 2.45) is 0 Å². The van der Waals surface area contributed by atoms with Crippen LogP contribution in [0.4, 0.5) is 18.9 Å². The van der Waals surface area contributed by atoms with Gasteiger partial charge in [0.1, 0.15) is 0 Å². The van der Waals surface area contributed by atoms with Crippen molar-refractivity contribution in [3.63, 3.8) is 0 Å². The quantitative estimate of drug-likeness (QED) is 0.791. The van der Waals surface area contributed by atoms with Gasteiger partial charge in [-0.15, -0.1) is 0 Å². The van der Waals surface area contributed by atoms with E-state index in [4.69, 9.17) is 0 Å². The van der Waals surface area contributed by atoms with Gasteiger partial charge in [-0.1, -0.05) is 0 Å². The van der Waals surface area contributed by atoms with Gasteiger partial charge >= 0.3 is 6.18 Å². The Morgan fingerprint density at radius 3 is 2.56 bits per heavy atom. The van der Waals surface area contributed by atoms with E-state index in [9.17, 15) is 22.8 Å². The monoisotopic (exact) mass is 381 g/mol. The van der Waals surface area contributed by atoms with E-state index in [1.165, 1.54) is 11.0 Å². The largest absolute Gasteiger partial charge is 0.416 e. The molecule has 0 spiro atoms. The summed E-state index contributed by atoms with van der Waals surface area (Å²) in [5, 5.41) is 0. The molecule has 0 bridgehead atoms. The average molecular weight is 381 g/mol. The number of carbonyl (C=O) groups is 2. The molecular formula is C19H22F3N3O2. The molecular weight excluding hydrogens is 359 g/mol. The van der Waals surface area contributed by atoms with Crippen molar-refractivity contribution in [2.45, 2.75) is 37.9 Å². The maximum absolute atomic E-state index is 13.4. The minimum absolute atomic E-state index is 0.00553. The predicted octanol–water partition coefficient (Wildman–Crippen LogP) is 2.75. The van der Waals surface area contributed by atoms with Gasteiger partial charge in [-0.2, -0.15) is 13.2 Å². The van der Waals surface area contributed by atoms with Crippen LogP contribution >= 0.6 is 0 Å². The van der Waals surface area contributed by atoms with Crippen molar-refractivity contribution in [2.75, 3.05) is 37.6 Å². The zero-order valence-corrected chi connectivity index (χ0v) is 15.0. The van der Waals surface area contributed by atoms with Crippen LogP contribution in [0.5, 0.6) is 0 Å². The Morgan fingerprint density at radius 1 is 1.04 bits per heavy atom. The molecule has 0 aliphatic carbocycles. The number of halogens is 3. The summed E-state index contributed by atoms with van der Waals surface area (Å²) in [6.07, 6.45) is -1.53. The molecule has 4 rings (SSSR count). The predicted molar refractivity (Wildman–Crippen MR) is 93.5 cm³/mol. The van der Waals surface area contributed by atoms with Gasteiger partial charge < -0.3 is 9.80 Å². The first-order valence-electron chi connectivity index (χ1n) is 9.39. The lowest BCUT2D eigenvalue weighted by Gasteiger charge is -2.37. The second kappa shape index (κ2) is 6.82. The van der Waals surface area contributed by atoms with Gasteiger partial charge in [0, 0.05) is 49.9 Å². The Hall–Kier alpha value is -2.09. The SMILES string of the molecule is O=C(c1cc(N2CCCC2=O)cc(C(F)(F)F)c1)N1CCN2CCCC2C1. The second-order valence-electron chi connectivity index (χ2n) is 7.50. The van der Waals surface area contributed by atoms with Crippen LogP contribution in [0.3, 0.4) is 0 Å². The summed E-state index contributed by atoms with van der Waals surface area (Å²) in [5.41, 5.74) is -0.719. The van der Waals surface area contributed by atoms with E-state index in [-0.39, 0.29) is 23.1 Å². The molecule has 1 aromatic carbocycles. The van der Waals surface area contributed by atoms with Crippen LogP contribution in [0.1, 0.15) is 41.6 Å². The summed E-state index contributed by atoms with van der Waals surface area (Å²) in [7, 11) is 0. The van der Waals surface area contributed by atoms with Crippen molar-refractivity contribution in [1.29, 1.82) is 0 Å². The van der Waals surface area contributed by atoms with E-state index in [1.807, 2.05) is 0 Å². The number of amides is 2. The van der Waals surface area contributed by atoms with Crippen LogP contribution in [-0.4, -0.2) is 60.4 Å². The minimum atomic E-state index is -4.57. The Morgan fingerprint density at radius 2 is 1.85 bits per heavy atom. The van der Waals surface area contributed by atoms with Crippen LogP contribution in [0.25, 0.3) is 0 Å². The lowest BCUT2D eigenvalue weighted by molar-refractivity contribution is -0.137. The fraction of sp³-hybridized carbons (Fsp3) is 0.579. The van der Waals surface area contributed by atoms with Gasteiger partial charge in [0.25, 0.3) is 5.91 Å². The summed E-state index contributed by atoms with van der Waals surface area (Å²) in [5.74, 6) is -0.590. The highest BCUT2D eigenvalue weighted by molar-refractivity contribution is 5.99. The lowest BCUT2D eigenvalue weighted by atomic mass is 10.1. The number of benzene rings is 1. The van der Waals surface area contributed by atoms with Gasteiger partial charge in [0.05, 0.1) is 5.56 Å². The van der Waals surface area contributed by atoms with Crippen LogP contribution in [0.15, 0.2) is 18.2 Å². The number of rotatable bonds is 2. The normalized spacial score (nSPS) is 23.8. The first-order chi connectivity index (χ1) is 12.8. The van der Waals surface area contributed by atoms with Crippen molar-refractivity contribution in [3.8, 4) is 0 Å². The molecule has 0 aromatic heterocycles. The highest BCUT2D eigenvalue weighted by Crippen LogP contribution is 2.35. The molecule has 0 radical (unpaired) electrons. The minimum Gasteiger partial charge on any atom is -0.336 e. The first-order valence-corrected chi connectivity index (χ1v) is 9.39. The van der Waals surface area contributed by atoms with E-state index >= 15 is 0 Å². The van der Waals surface area contributed by atoms with Gasteiger partial charge in [0.2, 0.25) is 5.91 Å². The van der Waals surface area contributed by atoms with Crippen LogP contribution in [-0.2, 0) is 11.0 Å². The summed E-state index contributed by atoms with van der Waals surface area (Å²) >= 11 is 0. The summed E-state index contributed by atoms with van der Waals surface area (Å²) in [4.78, 5) is 30.3. The Bertz CT molecular complexity index is 765. The molecule has 3 saturated heterocycles. The highest BCUT2D eigenvalue weighted by Gasteiger charge is 2.36. The van der Waals surface area contributed by atoms with Gasteiger partial charge in [0.15, 0.2) is 0 Å². The number of carbonyl (C=O) groups excluding carboxylic acids is 2. The highest BCUT2D eigenvalue weighted by atomic mass is 19.4. The molecule has 3 fully saturated rings. The maximum atomic E-state index is 13.4. The van der Waals surface area contributed by atoms with E-state index in [1.54, 1.807) is 4.90 Å². The molecule has 27 heavy (non-hydrogen) atoms. The number of anilines is 1. The topological polar surface area (TPSA) is 43.9 Å². The van der Waals surface area contributed by atoms with Crippen LogP contribution in [0, 0.1) is 0 Å². The van der Waals surface area contributed by atoms with Crippen molar-refractivity contribution in [1.82, 2.24) is 9.80 Å². The molecule has 2 amide bonds. The van der Waals surface area contributed by atoms with Gasteiger partial charge in [-0.05, 0) is 44.0 Å².